The van der Waals surface area contributed by atoms with E-state index in [1.807, 2.05) is 55.1 Å². The highest BCUT2D eigenvalue weighted by atomic mass is 79.9. The summed E-state index contributed by atoms with van der Waals surface area (Å²) in [5.74, 6) is 0.101. The molecular formula is C18H20BrNO. The van der Waals surface area contributed by atoms with Gasteiger partial charge in [-0.2, -0.15) is 0 Å². The van der Waals surface area contributed by atoms with Gasteiger partial charge in [0.05, 0.1) is 0 Å². The van der Waals surface area contributed by atoms with Gasteiger partial charge in [-0.15, -0.1) is 0 Å². The molecule has 0 aliphatic rings. The Kier molecular flexibility index (Phi) is 5.57. The van der Waals surface area contributed by atoms with Crippen LogP contribution in [0.1, 0.15) is 28.4 Å². The smallest absolute Gasteiger partial charge is 0.253 e. The molecule has 0 spiro atoms. The van der Waals surface area contributed by atoms with Crippen molar-refractivity contribution < 1.29 is 4.79 Å². The minimum Gasteiger partial charge on any atom is -0.339 e. The summed E-state index contributed by atoms with van der Waals surface area (Å²) in [5.41, 5.74) is 3.10. The molecule has 0 radical (unpaired) electrons. The van der Waals surface area contributed by atoms with Gasteiger partial charge < -0.3 is 4.90 Å². The first-order valence-electron chi connectivity index (χ1n) is 7.21. The van der Waals surface area contributed by atoms with Gasteiger partial charge in [0.15, 0.2) is 0 Å². The summed E-state index contributed by atoms with van der Waals surface area (Å²) in [7, 11) is 0. The van der Waals surface area contributed by atoms with Gasteiger partial charge in [-0.05, 0) is 49.6 Å². The summed E-state index contributed by atoms with van der Waals surface area (Å²) in [6.07, 6.45) is 0.885. The molecule has 3 heteroatoms. The van der Waals surface area contributed by atoms with Crippen LogP contribution >= 0.6 is 15.9 Å². The number of benzene rings is 2. The van der Waals surface area contributed by atoms with E-state index < -0.39 is 0 Å². The molecule has 2 aromatic rings. The highest BCUT2D eigenvalue weighted by molar-refractivity contribution is 9.10. The standard InChI is InChI=1S/C18H20BrNO/c1-3-20(12-11-15-7-5-4-6-8-15)18(21)16-9-10-17(19)14(2)13-16/h4-10,13H,3,11-12H2,1-2H3. The number of halogens is 1. The molecule has 0 unspecified atom stereocenters. The van der Waals surface area contributed by atoms with Gasteiger partial charge in [-0.3, -0.25) is 4.79 Å². The summed E-state index contributed by atoms with van der Waals surface area (Å²) < 4.78 is 1.03. The molecule has 2 rings (SSSR count). The van der Waals surface area contributed by atoms with Gasteiger partial charge in [-0.25, -0.2) is 0 Å². The first-order valence-corrected chi connectivity index (χ1v) is 8.00. The second kappa shape index (κ2) is 7.41. The highest BCUT2D eigenvalue weighted by Crippen LogP contribution is 2.18. The van der Waals surface area contributed by atoms with Crippen LogP contribution in [-0.4, -0.2) is 23.9 Å². The fraction of sp³-hybridized carbons (Fsp3) is 0.278. The first-order chi connectivity index (χ1) is 10.1. The lowest BCUT2D eigenvalue weighted by molar-refractivity contribution is 0.0766. The zero-order chi connectivity index (χ0) is 15.2. The van der Waals surface area contributed by atoms with Crippen LogP contribution in [0.4, 0.5) is 0 Å². The largest absolute Gasteiger partial charge is 0.339 e. The molecule has 0 N–H and O–H groups in total. The number of nitrogens with zero attached hydrogens (tertiary/aromatic N) is 1. The number of aryl methyl sites for hydroxylation is 1. The molecule has 110 valence electrons. The summed E-state index contributed by atoms with van der Waals surface area (Å²) in [4.78, 5) is 14.5. The monoisotopic (exact) mass is 345 g/mol. The SMILES string of the molecule is CCN(CCc1ccccc1)C(=O)c1ccc(Br)c(C)c1. The van der Waals surface area contributed by atoms with E-state index in [1.165, 1.54) is 5.56 Å². The second-order valence-corrected chi connectivity index (χ2v) is 5.94. The van der Waals surface area contributed by atoms with Crippen LogP contribution in [0.25, 0.3) is 0 Å². The lowest BCUT2D eigenvalue weighted by Crippen LogP contribution is -2.32. The molecule has 0 saturated carbocycles. The zero-order valence-corrected chi connectivity index (χ0v) is 14.1. The Morgan fingerprint density at radius 3 is 2.48 bits per heavy atom. The van der Waals surface area contributed by atoms with Crippen LogP contribution in [0, 0.1) is 6.92 Å². The number of amides is 1. The maximum atomic E-state index is 12.6. The third-order valence-electron chi connectivity index (χ3n) is 3.59. The topological polar surface area (TPSA) is 20.3 Å². The Balaban J connectivity index is 2.06. The Hall–Kier alpha value is -1.61. The van der Waals surface area contributed by atoms with E-state index in [0.717, 1.165) is 35.1 Å². The molecule has 0 fully saturated rings. The molecule has 0 bridgehead atoms. The van der Waals surface area contributed by atoms with E-state index in [2.05, 4.69) is 28.1 Å². The van der Waals surface area contributed by atoms with Gasteiger partial charge in [0.25, 0.3) is 5.91 Å². The molecule has 2 aromatic carbocycles. The van der Waals surface area contributed by atoms with E-state index >= 15 is 0 Å². The maximum absolute atomic E-state index is 12.6. The van der Waals surface area contributed by atoms with Crippen molar-refractivity contribution in [1.82, 2.24) is 4.90 Å². The fourth-order valence-electron chi connectivity index (χ4n) is 2.27. The molecule has 0 aromatic heterocycles. The van der Waals surface area contributed by atoms with Crippen LogP contribution in [-0.2, 0) is 6.42 Å². The van der Waals surface area contributed by atoms with Crippen LogP contribution in [0.5, 0.6) is 0 Å². The summed E-state index contributed by atoms with van der Waals surface area (Å²) >= 11 is 3.47. The van der Waals surface area contributed by atoms with Crippen LogP contribution in [0.3, 0.4) is 0 Å². The second-order valence-electron chi connectivity index (χ2n) is 5.08. The number of hydrogen-bond donors (Lipinski definition) is 0. The normalized spacial score (nSPS) is 10.4. The van der Waals surface area contributed by atoms with Crippen molar-refractivity contribution >= 4 is 21.8 Å². The highest BCUT2D eigenvalue weighted by Gasteiger charge is 2.14. The lowest BCUT2D eigenvalue weighted by Gasteiger charge is -2.21. The van der Waals surface area contributed by atoms with E-state index in [9.17, 15) is 4.79 Å². The number of likely N-dealkylation sites (N-methyl/N-ethyl adjacent to an activating group) is 1. The molecule has 21 heavy (non-hydrogen) atoms. The Morgan fingerprint density at radius 2 is 1.86 bits per heavy atom. The number of carbonyl (C=O) groups excluding carboxylic acids is 1. The summed E-state index contributed by atoms with van der Waals surface area (Å²) in [6.45, 7) is 5.49. The molecule has 0 saturated heterocycles. The third-order valence-corrected chi connectivity index (χ3v) is 4.48. The lowest BCUT2D eigenvalue weighted by atomic mass is 10.1. The number of carbonyl (C=O) groups is 1. The third kappa shape index (κ3) is 4.18. The van der Waals surface area contributed by atoms with Gasteiger partial charge in [0.1, 0.15) is 0 Å². The van der Waals surface area contributed by atoms with Gasteiger partial charge in [-0.1, -0.05) is 46.3 Å². The predicted molar refractivity (Wildman–Crippen MR) is 90.6 cm³/mol. The van der Waals surface area contributed by atoms with Gasteiger partial charge in [0.2, 0.25) is 0 Å². The van der Waals surface area contributed by atoms with Crippen molar-refractivity contribution in [3.8, 4) is 0 Å². The first kappa shape index (κ1) is 15.8. The van der Waals surface area contributed by atoms with Crippen molar-refractivity contribution in [2.75, 3.05) is 13.1 Å². The number of hydrogen-bond acceptors (Lipinski definition) is 1. The molecule has 0 heterocycles. The fourth-order valence-corrected chi connectivity index (χ4v) is 2.52. The van der Waals surface area contributed by atoms with E-state index in [-0.39, 0.29) is 5.91 Å². The average Bonchev–Trinajstić information content (AvgIpc) is 2.51. The van der Waals surface area contributed by atoms with Crippen LogP contribution < -0.4 is 0 Å². The Morgan fingerprint density at radius 1 is 1.14 bits per heavy atom. The Bertz CT molecular complexity index is 610. The van der Waals surface area contributed by atoms with Crippen molar-refractivity contribution in [1.29, 1.82) is 0 Å². The average molecular weight is 346 g/mol. The predicted octanol–water partition coefficient (Wildman–Crippen LogP) is 4.46. The summed E-state index contributed by atoms with van der Waals surface area (Å²) in [5, 5.41) is 0. The van der Waals surface area contributed by atoms with Gasteiger partial charge in [0, 0.05) is 23.1 Å². The van der Waals surface area contributed by atoms with E-state index in [4.69, 9.17) is 0 Å². The molecule has 1 amide bonds. The zero-order valence-electron chi connectivity index (χ0n) is 12.5. The maximum Gasteiger partial charge on any atom is 0.253 e. The minimum atomic E-state index is 0.101. The van der Waals surface area contributed by atoms with Crippen molar-refractivity contribution in [3.63, 3.8) is 0 Å². The minimum absolute atomic E-state index is 0.101. The van der Waals surface area contributed by atoms with E-state index in [1.54, 1.807) is 0 Å². The molecule has 0 aliphatic heterocycles. The molecule has 0 atom stereocenters. The van der Waals surface area contributed by atoms with Crippen molar-refractivity contribution in [3.05, 3.63) is 69.7 Å². The van der Waals surface area contributed by atoms with Crippen LogP contribution in [0.15, 0.2) is 53.0 Å². The summed E-state index contributed by atoms with van der Waals surface area (Å²) in [6, 6.07) is 16.0. The van der Waals surface area contributed by atoms with Crippen molar-refractivity contribution in [2.45, 2.75) is 20.3 Å². The molecule has 0 aliphatic carbocycles. The van der Waals surface area contributed by atoms with Crippen molar-refractivity contribution in [2.24, 2.45) is 0 Å². The molecule has 2 nitrogen and oxygen atoms in total. The van der Waals surface area contributed by atoms with Gasteiger partial charge >= 0.3 is 0 Å². The van der Waals surface area contributed by atoms with Crippen LogP contribution in [0.2, 0.25) is 0 Å². The quantitative estimate of drug-likeness (QED) is 0.783. The number of rotatable bonds is 5. The Labute approximate surface area is 134 Å². The molecular weight excluding hydrogens is 326 g/mol. The van der Waals surface area contributed by atoms with E-state index in [0.29, 0.717) is 0 Å².